The number of piperidine rings is 1. The summed E-state index contributed by atoms with van der Waals surface area (Å²) in [6.45, 7) is 7.96. The molecule has 2 fully saturated rings. The van der Waals surface area contributed by atoms with Gasteiger partial charge in [0, 0.05) is 45.6 Å². The van der Waals surface area contributed by atoms with Gasteiger partial charge in [-0.1, -0.05) is 12.1 Å². The van der Waals surface area contributed by atoms with Gasteiger partial charge in [0.15, 0.2) is 5.82 Å². The number of carbonyl (C=O) groups excluding carboxylic acids is 1. The molecule has 2 aliphatic rings. The molecular weight excluding hydrogens is 296 g/mol. The van der Waals surface area contributed by atoms with Gasteiger partial charge in [0.2, 0.25) is 11.8 Å². The van der Waals surface area contributed by atoms with Crippen LogP contribution in [0.3, 0.4) is 0 Å². The van der Waals surface area contributed by atoms with E-state index in [1.165, 1.54) is 0 Å². The van der Waals surface area contributed by atoms with Gasteiger partial charge in [0.1, 0.15) is 0 Å². The minimum atomic E-state index is 0.176. The first-order valence-electron chi connectivity index (χ1n) is 8.66. The Hall–Kier alpha value is -1.47. The van der Waals surface area contributed by atoms with Crippen LogP contribution in [-0.4, -0.2) is 71.8 Å². The standard InChI is InChI=1S/C16H26N4O3/c1-2-3-14-17-16(23-18-14)13-4-5-15(21)20(12-13)7-6-19-8-10-22-11-9-19/h13H,2-12H2,1H3. The average Bonchev–Trinajstić information content (AvgIpc) is 3.04. The second kappa shape index (κ2) is 7.88. The Morgan fingerprint density at radius 1 is 1.26 bits per heavy atom. The van der Waals surface area contributed by atoms with Gasteiger partial charge in [-0.25, -0.2) is 0 Å². The van der Waals surface area contributed by atoms with E-state index in [4.69, 9.17) is 9.26 Å². The highest BCUT2D eigenvalue weighted by Crippen LogP contribution is 2.26. The molecule has 0 saturated carbocycles. The van der Waals surface area contributed by atoms with Gasteiger partial charge >= 0.3 is 0 Å². The van der Waals surface area contributed by atoms with Crippen molar-refractivity contribution >= 4 is 5.91 Å². The van der Waals surface area contributed by atoms with E-state index in [0.29, 0.717) is 18.9 Å². The number of hydrogen-bond donors (Lipinski definition) is 0. The first-order chi connectivity index (χ1) is 11.3. The van der Waals surface area contributed by atoms with E-state index in [2.05, 4.69) is 22.0 Å². The summed E-state index contributed by atoms with van der Waals surface area (Å²) in [6.07, 6.45) is 3.23. The van der Waals surface area contributed by atoms with Crippen molar-refractivity contribution < 1.29 is 14.1 Å². The molecule has 3 rings (SSSR count). The SMILES string of the molecule is CCCc1noc(C2CCC(=O)N(CCN3CCOCC3)C2)n1. The van der Waals surface area contributed by atoms with Gasteiger partial charge in [-0.05, 0) is 12.8 Å². The zero-order valence-electron chi connectivity index (χ0n) is 13.9. The maximum absolute atomic E-state index is 12.2. The first-order valence-corrected chi connectivity index (χ1v) is 8.66. The number of ether oxygens (including phenoxy) is 1. The molecule has 1 unspecified atom stereocenters. The number of nitrogens with zero attached hydrogens (tertiary/aromatic N) is 4. The lowest BCUT2D eigenvalue weighted by molar-refractivity contribution is -0.134. The lowest BCUT2D eigenvalue weighted by atomic mass is 9.97. The molecule has 0 aliphatic carbocycles. The molecule has 0 spiro atoms. The van der Waals surface area contributed by atoms with Crippen LogP contribution in [0.25, 0.3) is 0 Å². The normalized spacial score (nSPS) is 23.4. The van der Waals surface area contributed by atoms with Crippen molar-refractivity contribution in [3.05, 3.63) is 11.7 Å². The van der Waals surface area contributed by atoms with E-state index in [1.54, 1.807) is 0 Å². The van der Waals surface area contributed by atoms with Crippen LogP contribution in [0.4, 0.5) is 0 Å². The van der Waals surface area contributed by atoms with Crippen molar-refractivity contribution in [2.75, 3.05) is 45.9 Å². The van der Waals surface area contributed by atoms with Crippen LogP contribution < -0.4 is 0 Å². The highest BCUT2D eigenvalue weighted by atomic mass is 16.5. The fraction of sp³-hybridized carbons (Fsp3) is 0.812. The Bertz CT molecular complexity index is 513. The fourth-order valence-electron chi connectivity index (χ4n) is 3.18. The Balaban J connectivity index is 1.54. The van der Waals surface area contributed by atoms with E-state index in [-0.39, 0.29) is 11.8 Å². The molecule has 0 aromatic carbocycles. The summed E-state index contributed by atoms with van der Waals surface area (Å²) in [7, 11) is 0. The number of amides is 1. The summed E-state index contributed by atoms with van der Waals surface area (Å²) in [5, 5.41) is 4.03. The lowest BCUT2D eigenvalue weighted by Crippen LogP contribution is -2.45. The van der Waals surface area contributed by atoms with Crippen LogP contribution in [0, 0.1) is 0 Å². The van der Waals surface area contributed by atoms with E-state index >= 15 is 0 Å². The smallest absolute Gasteiger partial charge is 0.231 e. The third kappa shape index (κ3) is 4.29. The molecule has 2 saturated heterocycles. The lowest BCUT2D eigenvalue weighted by Gasteiger charge is -2.34. The predicted octanol–water partition coefficient (Wildman–Crippen LogP) is 1.06. The molecule has 1 atom stereocenters. The number of morpholine rings is 1. The molecule has 1 amide bonds. The quantitative estimate of drug-likeness (QED) is 0.780. The molecule has 0 radical (unpaired) electrons. The molecule has 128 valence electrons. The van der Waals surface area contributed by atoms with Gasteiger partial charge in [-0.15, -0.1) is 0 Å². The first kappa shape index (κ1) is 16.4. The van der Waals surface area contributed by atoms with Crippen LogP contribution in [0.5, 0.6) is 0 Å². The Labute approximate surface area is 137 Å². The molecule has 2 aliphatic heterocycles. The van der Waals surface area contributed by atoms with Crippen LogP contribution in [0.15, 0.2) is 4.52 Å². The topological polar surface area (TPSA) is 71.7 Å². The zero-order valence-corrected chi connectivity index (χ0v) is 13.9. The zero-order chi connectivity index (χ0) is 16.1. The van der Waals surface area contributed by atoms with Crippen molar-refractivity contribution in [3.8, 4) is 0 Å². The van der Waals surface area contributed by atoms with Crippen LogP contribution >= 0.6 is 0 Å². The van der Waals surface area contributed by atoms with Gasteiger partial charge < -0.3 is 14.2 Å². The molecule has 3 heterocycles. The highest BCUT2D eigenvalue weighted by molar-refractivity contribution is 5.77. The number of likely N-dealkylation sites (tertiary alicyclic amines) is 1. The summed E-state index contributed by atoms with van der Waals surface area (Å²) in [5.74, 6) is 1.88. The monoisotopic (exact) mass is 322 g/mol. The largest absolute Gasteiger partial charge is 0.379 e. The number of aryl methyl sites for hydroxylation is 1. The number of aromatic nitrogens is 2. The van der Waals surface area contributed by atoms with Crippen molar-refractivity contribution in [2.24, 2.45) is 0 Å². The molecule has 23 heavy (non-hydrogen) atoms. The minimum absolute atomic E-state index is 0.176. The summed E-state index contributed by atoms with van der Waals surface area (Å²) in [6, 6.07) is 0. The van der Waals surface area contributed by atoms with Crippen molar-refractivity contribution in [3.63, 3.8) is 0 Å². The molecule has 1 aromatic heterocycles. The average molecular weight is 322 g/mol. The molecule has 0 N–H and O–H groups in total. The molecule has 7 heteroatoms. The molecule has 0 bridgehead atoms. The highest BCUT2D eigenvalue weighted by Gasteiger charge is 2.30. The number of hydrogen-bond acceptors (Lipinski definition) is 6. The Morgan fingerprint density at radius 2 is 2.09 bits per heavy atom. The second-order valence-corrected chi connectivity index (χ2v) is 6.33. The molecule has 7 nitrogen and oxygen atoms in total. The van der Waals surface area contributed by atoms with E-state index < -0.39 is 0 Å². The summed E-state index contributed by atoms with van der Waals surface area (Å²) < 4.78 is 10.8. The van der Waals surface area contributed by atoms with E-state index in [1.807, 2.05) is 4.90 Å². The van der Waals surface area contributed by atoms with Crippen molar-refractivity contribution in [1.82, 2.24) is 19.9 Å². The van der Waals surface area contributed by atoms with Gasteiger partial charge in [0.05, 0.1) is 19.1 Å². The maximum Gasteiger partial charge on any atom is 0.231 e. The summed E-state index contributed by atoms with van der Waals surface area (Å²) in [4.78, 5) is 21.0. The van der Waals surface area contributed by atoms with Crippen LogP contribution in [-0.2, 0) is 16.0 Å². The molecular formula is C16H26N4O3. The minimum Gasteiger partial charge on any atom is -0.379 e. The third-order valence-electron chi connectivity index (χ3n) is 4.60. The summed E-state index contributed by atoms with van der Waals surface area (Å²) >= 11 is 0. The van der Waals surface area contributed by atoms with Gasteiger partial charge in [-0.3, -0.25) is 9.69 Å². The predicted molar refractivity (Wildman–Crippen MR) is 84.1 cm³/mol. The third-order valence-corrected chi connectivity index (χ3v) is 4.60. The summed E-state index contributed by atoms with van der Waals surface area (Å²) in [5.41, 5.74) is 0. The maximum atomic E-state index is 12.2. The van der Waals surface area contributed by atoms with Crippen molar-refractivity contribution in [1.29, 1.82) is 0 Å². The van der Waals surface area contributed by atoms with Crippen LogP contribution in [0.1, 0.15) is 43.8 Å². The van der Waals surface area contributed by atoms with Crippen LogP contribution in [0.2, 0.25) is 0 Å². The second-order valence-electron chi connectivity index (χ2n) is 6.33. The Kier molecular flexibility index (Phi) is 5.61. The van der Waals surface area contributed by atoms with E-state index in [9.17, 15) is 4.79 Å². The number of carbonyl (C=O) groups is 1. The van der Waals surface area contributed by atoms with E-state index in [0.717, 1.165) is 64.5 Å². The Morgan fingerprint density at radius 3 is 2.87 bits per heavy atom. The molecule has 1 aromatic rings. The van der Waals surface area contributed by atoms with Crippen molar-refractivity contribution in [2.45, 2.75) is 38.5 Å². The van der Waals surface area contributed by atoms with Gasteiger partial charge in [0.25, 0.3) is 0 Å². The fourth-order valence-corrected chi connectivity index (χ4v) is 3.18. The van der Waals surface area contributed by atoms with Gasteiger partial charge in [-0.2, -0.15) is 4.98 Å². The number of rotatable bonds is 6.